The van der Waals surface area contributed by atoms with Crippen molar-refractivity contribution in [3.63, 3.8) is 0 Å². The van der Waals surface area contributed by atoms with E-state index in [-0.39, 0.29) is 12.1 Å². The zero-order valence-electron chi connectivity index (χ0n) is 13.3. The molecule has 2 rings (SSSR count). The van der Waals surface area contributed by atoms with Crippen LogP contribution in [-0.2, 0) is 11.2 Å². The smallest absolute Gasteiger partial charge is 0.410 e. The van der Waals surface area contributed by atoms with Crippen LogP contribution >= 0.6 is 0 Å². The number of carbonyl (C=O) groups excluding carboxylic acids is 1. The lowest BCUT2D eigenvalue weighted by Crippen LogP contribution is -2.40. The number of furan rings is 1. The van der Waals surface area contributed by atoms with Crippen LogP contribution in [0.15, 0.2) is 34.9 Å². The number of hydrogen-bond acceptors (Lipinski definition) is 3. The summed E-state index contributed by atoms with van der Waals surface area (Å²) < 4.78 is 10.8. The summed E-state index contributed by atoms with van der Waals surface area (Å²) in [7, 11) is 1.77. The number of rotatable bonds is 3. The molecule has 0 radical (unpaired) electrons. The molecule has 0 spiro atoms. The number of hydrogen-bond donors (Lipinski definition) is 0. The highest BCUT2D eigenvalue weighted by Crippen LogP contribution is 2.19. The Balaban J connectivity index is 2.02. The quantitative estimate of drug-likeness (QED) is 0.849. The second-order valence-electron chi connectivity index (χ2n) is 6.44. The summed E-state index contributed by atoms with van der Waals surface area (Å²) in [5.74, 6) is 0. The summed E-state index contributed by atoms with van der Waals surface area (Å²) in [4.78, 5) is 13.7. The van der Waals surface area contributed by atoms with Crippen molar-refractivity contribution in [3.8, 4) is 0 Å². The van der Waals surface area contributed by atoms with Gasteiger partial charge in [0.1, 0.15) is 11.2 Å². The molecule has 0 aliphatic carbocycles. The first-order valence-electron chi connectivity index (χ1n) is 7.18. The average Bonchev–Trinajstić information content (AvgIpc) is 2.83. The van der Waals surface area contributed by atoms with Gasteiger partial charge in [0.25, 0.3) is 0 Å². The first-order chi connectivity index (χ1) is 9.76. The van der Waals surface area contributed by atoms with E-state index in [2.05, 4.69) is 6.07 Å². The molecule has 0 saturated carbocycles. The lowest BCUT2D eigenvalue weighted by molar-refractivity contribution is 0.0236. The fourth-order valence-electron chi connectivity index (χ4n) is 2.12. The largest absolute Gasteiger partial charge is 0.464 e. The van der Waals surface area contributed by atoms with Crippen molar-refractivity contribution < 1.29 is 13.9 Å². The minimum atomic E-state index is -0.474. The highest BCUT2D eigenvalue weighted by Gasteiger charge is 2.23. The molecule has 0 fully saturated rings. The van der Waals surface area contributed by atoms with Gasteiger partial charge in [-0.05, 0) is 51.8 Å². The second-order valence-corrected chi connectivity index (χ2v) is 6.44. The van der Waals surface area contributed by atoms with Crippen molar-refractivity contribution in [2.75, 3.05) is 7.05 Å². The Bertz CT molecular complexity index is 624. The fourth-order valence-corrected chi connectivity index (χ4v) is 2.12. The standard InChI is InChI=1S/C17H23NO3/c1-12(18(5)16(19)21-17(2,3)4)10-13-6-7-14-8-9-20-15(14)11-13/h6-9,11-12H,10H2,1-5H3/t12-/m0/s1. The van der Waals surface area contributed by atoms with Gasteiger partial charge in [-0.25, -0.2) is 4.79 Å². The Morgan fingerprint density at radius 1 is 1.33 bits per heavy atom. The molecule has 0 bridgehead atoms. The summed E-state index contributed by atoms with van der Waals surface area (Å²) in [5.41, 5.74) is 1.54. The van der Waals surface area contributed by atoms with E-state index in [4.69, 9.17) is 9.15 Å². The van der Waals surface area contributed by atoms with Crippen molar-refractivity contribution >= 4 is 17.1 Å². The van der Waals surface area contributed by atoms with E-state index < -0.39 is 5.60 Å². The summed E-state index contributed by atoms with van der Waals surface area (Å²) in [6.45, 7) is 7.62. The van der Waals surface area contributed by atoms with E-state index in [0.717, 1.165) is 23.0 Å². The maximum atomic E-state index is 12.0. The number of fused-ring (bicyclic) bond motifs is 1. The van der Waals surface area contributed by atoms with Crippen LogP contribution in [0.1, 0.15) is 33.3 Å². The Labute approximate surface area is 125 Å². The summed E-state index contributed by atoms with van der Waals surface area (Å²) >= 11 is 0. The van der Waals surface area contributed by atoms with Gasteiger partial charge in [0.05, 0.1) is 6.26 Å². The van der Waals surface area contributed by atoms with Crippen LogP contribution < -0.4 is 0 Å². The number of nitrogens with zero attached hydrogens (tertiary/aromatic N) is 1. The SMILES string of the molecule is C[C@@H](Cc1ccc2ccoc2c1)N(C)C(=O)OC(C)(C)C. The van der Waals surface area contributed by atoms with E-state index >= 15 is 0 Å². The molecule has 2 aromatic rings. The average molecular weight is 289 g/mol. The third-order valence-corrected chi connectivity index (χ3v) is 3.39. The predicted octanol–water partition coefficient (Wildman–Crippen LogP) is 4.23. The first kappa shape index (κ1) is 15.4. The molecule has 0 unspecified atom stereocenters. The van der Waals surface area contributed by atoms with Gasteiger partial charge in [0, 0.05) is 18.5 Å². The van der Waals surface area contributed by atoms with Gasteiger partial charge in [-0.15, -0.1) is 0 Å². The number of likely N-dealkylation sites (N-methyl/N-ethyl adjacent to an activating group) is 1. The normalized spacial score (nSPS) is 13.2. The molecule has 21 heavy (non-hydrogen) atoms. The molecule has 0 aliphatic rings. The first-order valence-corrected chi connectivity index (χ1v) is 7.18. The van der Waals surface area contributed by atoms with Crippen molar-refractivity contribution in [2.45, 2.75) is 45.8 Å². The number of amides is 1. The van der Waals surface area contributed by atoms with Crippen LogP contribution in [0, 0.1) is 0 Å². The third kappa shape index (κ3) is 4.00. The molecule has 1 heterocycles. The van der Waals surface area contributed by atoms with Crippen LogP contribution in [0.5, 0.6) is 0 Å². The minimum absolute atomic E-state index is 0.0484. The van der Waals surface area contributed by atoms with Gasteiger partial charge in [0.15, 0.2) is 0 Å². The van der Waals surface area contributed by atoms with Crippen LogP contribution in [0.2, 0.25) is 0 Å². The van der Waals surface area contributed by atoms with Crippen LogP contribution in [-0.4, -0.2) is 29.7 Å². The van der Waals surface area contributed by atoms with Crippen LogP contribution in [0.4, 0.5) is 4.79 Å². The topological polar surface area (TPSA) is 42.7 Å². The third-order valence-electron chi connectivity index (χ3n) is 3.39. The number of ether oxygens (including phenoxy) is 1. The highest BCUT2D eigenvalue weighted by molar-refractivity contribution is 5.77. The Kier molecular flexibility index (Phi) is 4.26. The number of carbonyl (C=O) groups is 1. The molecule has 1 atom stereocenters. The monoisotopic (exact) mass is 289 g/mol. The number of benzene rings is 1. The van der Waals surface area contributed by atoms with Gasteiger partial charge in [0.2, 0.25) is 0 Å². The predicted molar refractivity (Wildman–Crippen MR) is 83.4 cm³/mol. The molecular weight excluding hydrogens is 266 g/mol. The molecule has 0 saturated heterocycles. The molecule has 1 aromatic heterocycles. The summed E-state index contributed by atoms with van der Waals surface area (Å²) in [5, 5.41) is 1.09. The minimum Gasteiger partial charge on any atom is -0.464 e. The fraction of sp³-hybridized carbons (Fsp3) is 0.471. The van der Waals surface area contributed by atoms with Gasteiger partial charge < -0.3 is 14.1 Å². The van der Waals surface area contributed by atoms with Crippen molar-refractivity contribution in [3.05, 3.63) is 36.1 Å². The second kappa shape index (κ2) is 5.80. The summed E-state index contributed by atoms with van der Waals surface area (Å²) in [6, 6.07) is 8.11. The molecule has 114 valence electrons. The summed E-state index contributed by atoms with van der Waals surface area (Å²) in [6.07, 6.45) is 2.14. The van der Waals surface area contributed by atoms with Crippen LogP contribution in [0.25, 0.3) is 11.0 Å². The van der Waals surface area contributed by atoms with Gasteiger partial charge in [-0.2, -0.15) is 0 Å². The lowest BCUT2D eigenvalue weighted by atomic mass is 10.1. The maximum Gasteiger partial charge on any atom is 0.410 e. The van der Waals surface area contributed by atoms with Crippen molar-refractivity contribution in [1.29, 1.82) is 0 Å². The van der Waals surface area contributed by atoms with Gasteiger partial charge >= 0.3 is 6.09 Å². The molecule has 4 heteroatoms. The van der Waals surface area contributed by atoms with E-state index in [1.807, 2.05) is 45.9 Å². The van der Waals surface area contributed by atoms with Gasteiger partial charge in [-0.3, -0.25) is 0 Å². The Morgan fingerprint density at radius 3 is 2.71 bits per heavy atom. The zero-order chi connectivity index (χ0) is 15.6. The molecule has 4 nitrogen and oxygen atoms in total. The van der Waals surface area contributed by atoms with Crippen molar-refractivity contribution in [1.82, 2.24) is 4.90 Å². The van der Waals surface area contributed by atoms with Crippen molar-refractivity contribution in [2.24, 2.45) is 0 Å². The molecule has 0 N–H and O–H groups in total. The van der Waals surface area contributed by atoms with E-state index in [1.54, 1.807) is 18.2 Å². The van der Waals surface area contributed by atoms with Crippen LogP contribution in [0.3, 0.4) is 0 Å². The highest BCUT2D eigenvalue weighted by atomic mass is 16.6. The van der Waals surface area contributed by atoms with Gasteiger partial charge in [-0.1, -0.05) is 12.1 Å². The molecule has 1 aromatic carbocycles. The molecule has 1 amide bonds. The van der Waals surface area contributed by atoms with E-state index in [0.29, 0.717) is 0 Å². The zero-order valence-corrected chi connectivity index (χ0v) is 13.3. The Hall–Kier alpha value is -1.97. The van der Waals surface area contributed by atoms with E-state index in [1.165, 1.54) is 0 Å². The van der Waals surface area contributed by atoms with E-state index in [9.17, 15) is 4.79 Å². The molecular formula is C17H23NO3. The molecule has 0 aliphatic heterocycles. The maximum absolute atomic E-state index is 12.0. The lowest BCUT2D eigenvalue weighted by Gasteiger charge is -2.28. The Morgan fingerprint density at radius 2 is 2.05 bits per heavy atom.